The summed E-state index contributed by atoms with van der Waals surface area (Å²) in [5.74, 6) is 1.67. The molecule has 0 saturated heterocycles. The Labute approximate surface area is 151 Å². The van der Waals surface area contributed by atoms with Gasteiger partial charge in [-0.2, -0.15) is 0 Å². The Bertz CT molecular complexity index is 350. The van der Waals surface area contributed by atoms with Crippen LogP contribution in [0.15, 0.2) is 4.99 Å². The lowest BCUT2D eigenvalue weighted by Crippen LogP contribution is -2.45. The zero-order chi connectivity index (χ0) is 14.9. The summed E-state index contributed by atoms with van der Waals surface area (Å²) in [7, 11) is 1.79. The minimum atomic E-state index is 0. The second-order valence-electron chi connectivity index (χ2n) is 6.33. The molecule has 1 amide bonds. The molecule has 0 aliphatic heterocycles. The van der Waals surface area contributed by atoms with Gasteiger partial charge in [-0.15, -0.1) is 24.0 Å². The fourth-order valence-corrected chi connectivity index (χ4v) is 3.39. The van der Waals surface area contributed by atoms with Crippen molar-refractivity contribution in [1.29, 1.82) is 0 Å². The predicted molar refractivity (Wildman–Crippen MR) is 102 cm³/mol. The van der Waals surface area contributed by atoms with E-state index in [9.17, 15) is 4.79 Å². The third kappa shape index (κ3) is 7.15. The lowest BCUT2D eigenvalue weighted by Gasteiger charge is -2.17. The quantitative estimate of drug-likeness (QED) is 0.267. The molecule has 2 rings (SSSR count). The Morgan fingerprint density at radius 1 is 1.00 bits per heavy atom. The van der Waals surface area contributed by atoms with Crippen LogP contribution in [-0.2, 0) is 4.79 Å². The van der Waals surface area contributed by atoms with Gasteiger partial charge in [-0.1, -0.05) is 25.7 Å². The standard InChI is InChI=1S/C16H30N4O.HI/c1-17-16(20-14-8-4-5-9-14)19-11-10-18-15(21)12-13-6-2-3-7-13;/h13-14H,2-12H2,1H3,(H,18,21)(H2,17,19,20);1H. The molecule has 0 aromatic carbocycles. The van der Waals surface area contributed by atoms with E-state index in [2.05, 4.69) is 20.9 Å². The Morgan fingerprint density at radius 3 is 2.23 bits per heavy atom. The van der Waals surface area contributed by atoms with Crippen molar-refractivity contribution in [3.63, 3.8) is 0 Å². The highest BCUT2D eigenvalue weighted by Crippen LogP contribution is 2.27. The number of hydrogen-bond donors (Lipinski definition) is 3. The lowest BCUT2D eigenvalue weighted by atomic mass is 10.0. The summed E-state index contributed by atoms with van der Waals surface area (Å²) >= 11 is 0. The molecule has 0 aromatic heterocycles. The van der Waals surface area contributed by atoms with Crippen molar-refractivity contribution in [1.82, 2.24) is 16.0 Å². The molecule has 22 heavy (non-hydrogen) atoms. The highest BCUT2D eigenvalue weighted by molar-refractivity contribution is 14.0. The molecule has 2 fully saturated rings. The van der Waals surface area contributed by atoms with Gasteiger partial charge in [0.25, 0.3) is 0 Å². The Morgan fingerprint density at radius 2 is 1.59 bits per heavy atom. The van der Waals surface area contributed by atoms with Crippen LogP contribution >= 0.6 is 24.0 Å². The highest BCUT2D eigenvalue weighted by Gasteiger charge is 2.18. The Kier molecular flexibility index (Phi) is 9.82. The number of nitrogens with zero attached hydrogens (tertiary/aromatic N) is 1. The molecular formula is C16H31IN4O. The summed E-state index contributed by atoms with van der Waals surface area (Å²) in [4.78, 5) is 16.0. The molecule has 0 bridgehead atoms. The second kappa shape index (κ2) is 11.1. The second-order valence-corrected chi connectivity index (χ2v) is 6.33. The van der Waals surface area contributed by atoms with Gasteiger partial charge in [-0.05, 0) is 31.6 Å². The molecule has 0 spiro atoms. The number of hydrogen-bond acceptors (Lipinski definition) is 2. The first-order valence-electron chi connectivity index (χ1n) is 8.52. The van der Waals surface area contributed by atoms with E-state index in [1.165, 1.54) is 51.4 Å². The van der Waals surface area contributed by atoms with Gasteiger partial charge in [0.05, 0.1) is 0 Å². The van der Waals surface area contributed by atoms with Crippen molar-refractivity contribution >= 4 is 35.8 Å². The summed E-state index contributed by atoms with van der Waals surface area (Å²) in [5, 5.41) is 9.71. The average molecular weight is 422 g/mol. The molecule has 6 heteroatoms. The van der Waals surface area contributed by atoms with E-state index in [-0.39, 0.29) is 29.9 Å². The normalized spacial score (nSPS) is 19.8. The van der Waals surface area contributed by atoms with E-state index in [1.807, 2.05) is 0 Å². The molecule has 2 aliphatic rings. The van der Waals surface area contributed by atoms with Crippen LogP contribution in [0.3, 0.4) is 0 Å². The predicted octanol–water partition coefficient (Wildman–Crippen LogP) is 2.41. The monoisotopic (exact) mass is 422 g/mol. The van der Waals surface area contributed by atoms with Crippen LogP contribution in [0.1, 0.15) is 57.8 Å². The average Bonchev–Trinajstić information content (AvgIpc) is 3.15. The van der Waals surface area contributed by atoms with E-state index >= 15 is 0 Å². The first kappa shape index (κ1) is 19.5. The number of rotatable bonds is 6. The van der Waals surface area contributed by atoms with E-state index < -0.39 is 0 Å². The summed E-state index contributed by atoms with van der Waals surface area (Å²) in [6, 6.07) is 0.563. The zero-order valence-corrected chi connectivity index (χ0v) is 16.0. The van der Waals surface area contributed by atoms with Crippen LogP contribution in [0, 0.1) is 5.92 Å². The Hall–Kier alpha value is -0.530. The van der Waals surface area contributed by atoms with Crippen molar-refractivity contribution in [2.75, 3.05) is 20.1 Å². The third-order valence-corrected chi connectivity index (χ3v) is 4.61. The van der Waals surface area contributed by atoms with Crippen LogP contribution in [0.5, 0.6) is 0 Å². The van der Waals surface area contributed by atoms with Crippen LogP contribution in [0.2, 0.25) is 0 Å². The first-order valence-corrected chi connectivity index (χ1v) is 8.52. The van der Waals surface area contributed by atoms with E-state index in [1.54, 1.807) is 7.05 Å². The van der Waals surface area contributed by atoms with Crippen molar-refractivity contribution in [2.45, 2.75) is 63.8 Å². The largest absolute Gasteiger partial charge is 0.355 e. The van der Waals surface area contributed by atoms with Gasteiger partial charge in [-0.3, -0.25) is 9.79 Å². The number of carbonyl (C=O) groups excluding carboxylic acids is 1. The van der Waals surface area contributed by atoms with Gasteiger partial charge in [0.1, 0.15) is 0 Å². The SMILES string of the molecule is CN=C(NCCNC(=O)CC1CCCC1)NC1CCCC1.I. The fraction of sp³-hybridized carbons (Fsp3) is 0.875. The van der Waals surface area contributed by atoms with Gasteiger partial charge in [0.15, 0.2) is 5.96 Å². The molecule has 0 heterocycles. The summed E-state index contributed by atoms with van der Waals surface area (Å²) in [5.41, 5.74) is 0. The zero-order valence-electron chi connectivity index (χ0n) is 13.7. The van der Waals surface area contributed by atoms with E-state index in [4.69, 9.17) is 0 Å². The summed E-state index contributed by atoms with van der Waals surface area (Å²) in [6.45, 7) is 1.39. The van der Waals surface area contributed by atoms with Gasteiger partial charge >= 0.3 is 0 Å². The molecule has 5 nitrogen and oxygen atoms in total. The number of guanidine groups is 1. The van der Waals surface area contributed by atoms with Gasteiger partial charge < -0.3 is 16.0 Å². The molecular weight excluding hydrogens is 391 g/mol. The van der Waals surface area contributed by atoms with Crippen molar-refractivity contribution in [3.8, 4) is 0 Å². The molecule has 0 unspecified atom stereocenters. The van der Waals surface area contributed by atoms with Gasteiger partial charge in [-0.25, -0.2) is 0 Å². The van der Waals surface area contributed by atoms with Crippen LogP contribution in [0.4, 0.5) is 0 Å². The molecule has 128 valence electrons. The Balaban J connectivity index is 0.00000242. The minimum absolute atomic E-state index is 0. The van der Waals surface area contributed by atoms with Crippen LogP contribution < -0.4 is 16.0 Å². The van der Waals surface area contributed by atoms with Crippen molar-refractivity contribution in [3.05, 3.63) is 0 Å². The van der Waals surface area contributed by atoms with E-state index in [0.717, 1.165) is 12.5 Å². The van der Waals surface area contributed by atoms with Crippen LogP contribution in [0.25, 0.3) is 0 Å². The summed E-state index contributed by atoms with van der Waals surface area (Å²) in [6.07, 6.45) is 10.8. The third-order valence-electron chi connectivity index (χ3n) is 4.61. The molecule has 0 radical (unpaired) electrons. The number of halogens is 1. The van der Waals surface area contributed by atoms with Crippen molar-refractivity contribution in [2.24, 2.45) is 10.9 Å². The molecule has 0 atom stereocenters. The molecule has 2 aliphatic carbocycles. The van der Waals surface area contributed by atoms with Gasteiger partial charge in [0.2, 0.25) is 5.91 Å². The van der Waals surface area contributed by atoms with Crippen LogP contribution in [-0.4, -0.2) is 38.0 Å². The van der Waals surface area contributed by atoms with Gasteiger partial charge in [0, 0.05) is 32.6 Å². The topological polar surface area (TPSA) is 65.5 Å². The smallest absolute Gasteiger partial charge is 0.220 e. The lowest BCUT2D eigenvalue weighted by molar-refractivity contribution is -0.121. The number of aliphatic imine (C=N–C) groups is 1. The van der Waals surface area contributed by atoms with E-state index in [0.29, 0.717) is 24.9 Å². The first-order chi connectivity index (χ1) is 10.3. The maximum absolute atomic E-state index is 11.8. The maximum Gasteiger partial charge on any atom is 0.220 e. The molecule has 2 saturated carbocycles. The number of nitrogens with one attached hydrogen (secondary N) is 3. The fourth-order valence-electron chi connectivity index (χ4n) is 3.39. The maximum atomic E-state index is 11.8. The number of carbonyl (C=O) groups is 1. The highest BCUT2D eigenvalue weighted by atomic mass is 127. The number of amides is 1. The summed E-state index contributed by atoms with van der Waals surface area (Å²) < 4.78 is 0. The van der Waals surface area contributed by atoms with Crippen molar-refractivity contribution < 1.29 is 4.79 Å². The minimum Gasteiger partial charge on any atom is -0.355 e. The molecule has 3 N–H and O–H groups in total. The molecule has 0 aromatic rings.